The molecule has 6 heteroatoms. The molecular formula is C13H26ClN3O2. The maximum atomic E-state index is 11.6. The molecule has 0 saturated carbocycles. The van der Waals surface area contributed by atoms with Crippen LogP contribution in [0.2, 0.25) is 0 Å². The third-order valence-corrected chi connectivity index (χ3v) is 2.97. The summed E-state index contributed by atoms with van der Waals surface area (Å²) in [6.45, 7) is 6.38. The molecule has 0 aromatic heterocycles. The molecule has 19 heavy (non-hydrogen) atoms. The first-order chi connectivity index (χ1) is 8.58. The molecule has 1 fully saturated rings. The zero-order valence-corrected chi connectivity index (χ0v) is 12.6. The van der Waals surface area contributed by atoms with Crippen molar-refractivity contribution in [3.05, 3.63) is 0 Å². The smallest absolute Gasteiger partial charge is 0.221 e. The highest BCUT2D eigenvalue weighted by atomic mass is 35.5. The fourth-order valence-corrected chi connectivity index (χ4v) is 2.02. The van der Waals surface area contributed by atoms with Gasteiger partial charge in [-0.15, -0.1) is 12.4 Å². The SMILES string of the molecule is CC(C)CC(=O)NCCC(=O)NC1CCNCC1.Cl. The number of amides is 2. The number of hydrogen-bond acceptors (Lipinski definition) is 3. The van der Waals surface area contributed by atoms with Gasteiger partial charge in [0, 0.05) is 25.4 Å². The Morgan fingerprint density at radius 2 is 1.84 bits per heavy atom. The van der Waals surface area contributed by atoms with E-state index in [1.807, 2.05) is 13.8 Å². The summed E-state index contributed by atoms with van der Waals surface area (Å²) < 4.78 is 0. The Kier molecular flexibility index (Phi) is 9.61. The van der Waals surface area contributed by atoms with Crippen molar-refractivity contribution < 1.29 is 9.59 Å². The van der Waals surface area contributed by atoms with Gasteiger partial charge in [-0.2, -0.15) is 0 Å². The first-order valence-corrected chi connectivity index (χ1v) is 6.84. The number of hydrogen-bond donors (Lipinski definition) is 3. The molecule has 1 aliphatic rings. The first-order valence-electron chi connectivity index (χ1n) is 6.84. The Labute approximate surface area is 121 Å². The van der Waals surface area contributed by atoms with Crippen LogP contribution < -0.4 is 16.0 Å². The molecule has 1 saturated heterocycles. The lowest BCUT2D eigenvalue weighted by atomic mass is 10.1. The van der Waals surface area contributed by atoms with Gasteiger partial charge >= 0.3 is 0 Å². The molecule has 1 rings (SSSR count). The summed E-state index contributed by atoms with van der Waals surface area (Å²) in [5.74, 6) is 0.417. The average Bonchev–Trinajstić information content (AvgIpc) is 2.29. The molecular weight excluding hydrogens is 266 g/mol. The van der Waals surface area contributed by atoms with Gasteiger partial charge < -0.3 is 16.0 Å². The second kappa shape index (κ2) is 10.0. The Morgan fingerprint density at radius 3 is 2.42 bits per heavy atom. The zero-order valence-electron chi connectivity index (χ0n) is 11.8. The average molecular weight is 292 g/mol. The number of piperidine rings is 1. The number of nitrogens with one attached hydrogen (secondary N) is 3. The summed E-state index contributed by atoms with van der Waals surface area (Å²) in [4.78, 5) is 23.0. The standard InChI is InChI=1S/C13H25N3O2.ClH/c1-10(2)9-13(18)15-8-5-12(17)16-11-3-6-14-7-4-11;/h10-11,14H,3-9H2,1-2H3,(H,15,18)(H,16,17);1H. The highest BCUT2D eigenvalue weighted by Crippen LogP contribution is 2.02. The van der Waals surface area contributed by atoms with E-state index in [-0.39, 0.29) is 24.2 Å². The summed E-state index contributed by atoms with van der Waals surface area (Å²) in [5.41, 5.74) is 0. The van der Waals surface area contributed by atoms with Crippen LogP contribution >= 0.6 is 12.4 Å². The fourth-order valence-electron chi connectivity index (χ4n) is 2.02. The second-order valence-corrected chi connectivity index (χ2v) is 5.29. The second-order valence-electron chi connectivity index (χ2n) is 5.29. The summed E-state index contributed by atoms with van der Waals surface area (Å²) in [7, 11) is 0. The molecule has 3 N–H and O–H groups in total. The van der Waals surface area contributed by atoms with Gasteiger partial charge in [-0.3, -0.25) is 9.59 Å². The number of halogens is 1. The molecule has 1 aliphatic heterocycles. The maximum Gasteiger partial charge on any atom is 0.221 e. The van der Waals surface area contributed by atoms with Crippen LogP contribution in [-0.2, 0) is 9.59 Å². The Morgan fingerprint density at radius 1 is 1.21 bits per heavy atom. The van der Waals surface area contributed by atoms with Gasteiger partial charge in [0.1, 0.15) is 0 Å². The third-order valence-electron chi connectivity index (χ3n) is 2.97. The predicted octanol–water partition coefficient (Wildman–Crippen LogP) is 0.829. The lowest BCUT2D eigenvalue weighted by Crippen LogP contribution is -2.43. The molecule has 0 bridgehead atoms. The Hall–Kier alpha value is -0.810. The fraction of sp³-hybridized carbons (Fsp3) is 0.846. The van der Waals surface area contributed by atoms with Gasteiger partial charge in [-0.25, -0.2) is 0 Å². The number of carbonyl (C=O) groups excluding carboxylic acids is 2. The number of rotatable bonds is 6. The normalized spacial score (nSPS) is 15.7. The molecule has 0 aromatic rings. The minimum atomic E-state index is 0. The van der Waals surface area contributed by atoms with Crippen molar-refractivity contribution >= 4 is 24.2 Å². The van der Waals surface area contributed by atoms with E-state index >= 15 is 0 Å². The van der Waals surface area contributed by atoms with E-state index in [2.05, 4.69) is 16.0 Å². The molecule has 0 unspecified atom stereocenters. The summed E-state index contributed by atoms with van der Waals surface area (Å²) in [6.07, 6.45) is 2.88. The molecule has 0 aromatic carbocycles. The third kappa shape index (κ3) is 8.83. The van der Waals surface area contributed by atoms with E-state index in [0.717, 1.165) is 25.9 Å². The van der Waals surface area contributed by atoms with Crippen molar-refractivity contribution in [1.29, 1.82) is 0 Å². The van der Waals surface area contributed by atoms with E-state index in [1.165, 1.54) is 0 Å². The van der Waals surface area contributed by atoms with Crippen molar-refractivity contribution in [3.63, 3.8) is 0 Å². The van der Waals surface area contributed by atoms with E-state index in [0.29, 0.717) is 31.3 Å². The molecule has 1 heterocycles. The van der Waals surface area contributed by atoms with Crippen molar-refractivity contribution in [3.8, 4) is 0 Å². The van der Waals surface area contributed by atoms with Crippen LogP contribution in [-0.4, -0.2) is 37.5 Å². The van der Waals surface area contributed by atoms with Crippen molar-refractivity contribution in [2.24, 2.45) is 5.92 Å². The van der Waals surface area contributed by atoms with E-state index in [1.54, 1.807) is 0 Å². The topological polar surface area (TPSA) is 70.2 Å². The van der Waals surface area contributed by atoms with Gasteiger partial charge in [0.25, 0.3) is 0 Å². The minimum absolute atomic E-state index is 0. The van der Waals surface area contributed by atoms with E-state index in [9.17, 15) is 9.59 Å². The van der Waals surface area contributed by atoms with Gasteiger partial charge in [-0.1, -0.05) is 13.8 Å². The van der Waals surface area contributed by atoms with Crippen LogP contribution in [0.4, 0.5) is 0 Å². The van der Waals surface area contributed by atoms with Crippen LogP contribution in [0.15, 0.2) is 0 Å². The van der Waals surface area contributed by atoms with Crippen LogP contribution in [0.25, 0.3) is 0 Å². The van der Waals surface area contributed by atoms with E-state index < -0.39 is 0 Å². The lowest BCUT2D eigenvalue weighted by molar-refractivity contribution is -0.123. The minimum Gasteiger partial charge on any atom is -0.356 e. The quantitative estimate of drug-likeness (QED) is 0.679. The van der Waals surface area contributed by atoms with Crippen LogP contribution in [0.3, 0.4) is 0 Å². The molecule has 0 spiro atoms. The lowest BCUT2D eigenvalue weighted by Gasteiger charge is -2.23. The van der Waals surface area contributed by atoms with Crippen molar-refractivity contribution in [2.75, 3.05) is 19.6 Å². The Bertz CT molecular complexity index is 279. The molecule has 5 nitrogen and oxygen atoms in total. The monoisotopic (exact) mass is 291 g/mol. The van der Waals surface area contributed by atoms with Crippen molar-refractivity contribution in [2.45, 2.75) is 45.6 Å². The van der Waals surface area contributed by atoms with Gasteiger partial charge in [0.15, 0.2) is 0 Å². The maximum absolute atomic E-state index is 11.6. The van der Waals surface area contributed by atoms with Gasteiger partial charge in [-0.05, 0) is 31.8 Å². The summed E-state index contributed by atoms with van der Waals surface area (Å²) in [5, 5.41) is 9.03. The molecule has 0 radical (unpaired) electrons. The highest BCUT2D eigenvalue weighted by molar-refractivity contribution is 5.85. The zero-order chi connectivity index (χ0) is 13.4. The van der Waals surface area contributed by atoms with E-state index in [4.69, 9.17) is 0 Å². The first kappa shape index (κ1) is 18.2. The predicted molar refractivity (Wildman–Crippen MR) is 78.4 cm³/mol. The highest BCUT2D eigenvalue weighted by Gasteiger charge is 2.15. The Balaban J connectivity index is 0.00000324. The molecule has 2 amide bonds. The molecule has 112 valence electrons. The summed E-state index contributed by atoms with van der Waals surface area (Å²) in [6, 6.07) is 0.296. The van der Waals surface area contributed by atoms with Crippen LogP contribution in [0.5, 0.6) is 0 Å². The van der Waals surface area contributed by atoms with Gasteiger partial charge in [0.2, 0.25) is 11.8 Å². The van der Waals surface area contributed by atoms with Gasteiger partial charge in [0.05, 0.1) is 0 Å². The van der Waals surface area contributed by atoms with Crippen LogP contribution in [0, 0.1) is 5.92 Å². The largest absolute Gasteiger partial charge is 0.356 e. The van der Waals surface area contributed by atoms with Crippen molar-refractivity contribution in [1.82, 2.24) is 16.0 Å². The van der Waals surface area contributed by atoms with Crippen LogP contribution in [0.1, 0.15) is 39.5 Å². The molecule has 0 aliphatic carbocycles. The number of carbonyl (C=O) groups is 2. The molecule has 0 atom stereocenters. The summed E-state index contributed by atoms with van der Waals surface area (Å²) >= 11 is 0.